The van der Waals surface area contributed by atoms with Crippen LogP contribution in [0.2, 0.25) is 0 Å². The van der Waals surface area contributed by atoms with Crippen LogP contribution in [0.4, 0.5) is 0 Å². The van der Waals surface area contributed by atoms with E-state index in [1.807, 2.05) is 12.1 Å². The molecule has 3 rings (SSSR count). The number of benzene rings is 1. The van der Waals surface area contributed by atoms with Gasteiger partial charge in [0.05, 0.1) is 7.11 Å². The number of nitrogens with one attached hydrogen (secondary N) is 2. The van der Waals surface area contributed by atoms with E-state index in [-0.39, 0.29) is 0 Å². The predicted octanol–water partition coefficient (Wildman–Crippen LogP) is 2.85. The number of fused-ring (bicyclic) bond motifs is 2. The van der Waals surface area contributed by atoms with Crippen LogP contribution in [0, 0.1) is 11.8 Å². The van der Waals surface area contributed by atoms with Gasteiger partial charge in [0.25, 0.3) is 0 Å². The Balaban J connectivity index is 1.44. The van der Waals surface area contributed by atoms with Gasteiger partial charge in [-0.2, -0.15) is 0 Å². The second kappa shape index (κ2) is 6.00. The molecule has 2 aliphatic rings. The first-order valence-corrected chi connectivity index (χ1v) is 7.82. The molecule has 3 atom stereocenters. The van der Waals surface area contributed by atoms with Crippen molar-refractivity contribution in [3.63, 3.8) is 0 Å². The molecule has 108 valence electrons. The monoisotopic (exact) mass is 290 g/mol. The van der Waals surface area contributed by atoms with E-state index >= 15 is 0 Å². The van der Waals surface area contributed by atoms with Crippen molar-refractivity contribution >= 4 is 17.3 Å². The van der Waals surface area contributed by atoms with Crippen molar-refractivity contribution in [1.82, 2.24) is 10.6 Å². The zero-order chi connectivity index (χ0) is 13.9. The molecule has 0 heterocycles. The first-order chi connectivity index (χ1) is 9.74. The average Bonchev–Trinajstić information content (AvgIpc) is 3.08. The third-order valence-electron chi connectivity index (χ3n) is 4.67. The quantitative estimate of drug-likeness (QED) is 0.836. The summed E-state index contributed by atoms with van der Waals surface area (Å²) in [6.07, 6.45) is 5.51. The van der Waals surface area contributed by atoms with Crippen molar-refractivity contribution < 1.29 is 4.74 Å². The molecule has 2 N–H and O–H groups in total. The Labute approximate surface area is 126 Å². The Hall–Kier alpha value is -1.29. The molecule has 20 heavy (non-hydrogen) atoms. The molecule has 0 spiro atoms. The van der Waals surface area contributed by atoms with Gasteiger partial charge in [-0.25, -0.2) is 0 Å². The van der Waals surface area contributed by atoms with Gasteiger partial charge in [0, 0.05) is 12.6 Å². The summed E-state index contributed by atoms with van der Waals surface area (Å²) >= 11 is 5.41. The highest BCUT2D eigenvalue weighted by molar-refractivity contribution is 7.80. The molecule has 4 heteroatoms. The Kier molecular flexibility index (Phi) is 4.10. The van der Waals surface area contributed by atoms with Crippen LogP contribution in [0.15, 0.2) is 24.3 Å². The second-order valence-electron chi connectivity index (χ2n) is 5.96. The van der Waals surface area contributed by atoms with Gasteiger partial charge in [-0.15, -0.1) is 0 Å². The number of hydrogen-bond donors (Lipinski definition) is 2. The highest BCUT2D eigenvalue weighted by Crippen LogP contribution is 2.44. The first-order valence-electron chi connectivity index (χ1n) is 7.42. The van der Waals surface area contributed by atoms with Gasteiger partial charge in [-0.3, -0.25) is 0 Å². The minimum absolute atomic E-state index is 0.601. The van der Waals surface area contributed by atoms with E-state index in [0.717, 1.165) is 29.2 Å². The minimum atomic E-state index is 0.601. The molecular formula is C16H22N2OS. The minimum Gasteiger partial charge on any atom is -0.497 e. The highest BCUT2D eigenvalue weighted by Gasteiger charge is 2.39. The molecule has 0 radical (unpaired) electrons. The van der Waals surface area contributed by atoms with Gasteiger partial charge >= 0.3 is 0 Å². The molecule has 0 amide bonds. The van der Waals surface area contributed by atoms with Crippen LogP contribution in [0.3, 0.4) is 0 Å². The second-order valence-corrected chi connectivity index (χ2v) is 6.36. The van der Waals surface area contributed by atoms with Crippen molar-refractivity contribution in [3.05, 3.63) is 29.8 Å². The van der Waals surface area contributed by atoms with Crippen LogP contribution in [0.1, 0.15) is 31.2 Å². The summed E-state index contributed by atoms with van der Waals surface area (Å²) in [5.74, 6) is 2.68. The lowest BCUT2D eigenvalue weighted by Crippen LogP contribution is -2.43. The third kappa shape index (κ3) is 3.06. The molecule has 2 aliphatic carbocycles. The molecule has 0 unspecified atom stereocenters. The van der Waals surface area contributed by atoms with E-state index in [4.69, 9.17) is 17.0 Å². The van der Waals surface area contributed by atoms with Gasteiger partial charge < -0.3 is 15.4 Å². The average molecular weight is 290 g/mol. The van der Waals surface area contributed by atoms with Gasteiger partial charge in [-0.05, 0) is 61.0 Å². The number of methoxy groups -OCH3 is 1. The van der Waals surface area contributed by atoms with Crippen molar-refractivity contribution in [3.8, 4) is 5.75 Å². The van der Waals surface area contributed by atoms with Crippen LogP contribution in [0.5, 0.6) is 5.75 Å². The molecule has 0 aliphatic heterocycles. The van der Waals surface area contributed by atoms with Crippen LogP contribution in [-0.4, -0.2) is 18.3 Å². The first kappa shape index (κ1) is 13.7. The zero-order valence-corrected chi connectivity index (χ0v) is 12.7. The maximum atomic E-state index is 5.41. The number of ether oxygens (including phenoxy) is 1. The Morgan fingerprint density at radius 1 is 1.25 bits per heavy atom. The molecule has 0 saturated heterocycles. The summed E-state index contributed by atoms with van der Waals surface area (Å²) in [6, 6.07) is 8.68. The van der Waals surface area contributed by atoms with E-state index in [0.29, 0.717) is 6.04 Å². The Bertz CT molecular complexity index is 474. The summed E-state index contributed by atoms with van der Waals surface area (Å²) in [5, 5.41) is 7.59. The molecule has 2 saturated carbocycles. The maximum absolute atomic E-state index is 5.41. The highest BCUT2D eigenvalue weighted by atomic mass is 32.1. The lowest BCUT2D eigenvalue weighted by Gasteiger charge is -2.24. The fourth-order valence-corrected chi connectivity index (χ4v) is 3.79. The largest absolute Gasteiger partial charge is 0.497 e. The number of thiocarbonyl (C=S) groups is 1. The maximum Gasteiger partial charge on any atom is 0.166 e. The van der Waals surface area contributed by atoms with Crippen molar-refractivity contribution in [2.45, 2.75) is 38.3 Å². The molecule has 3 nitrogen and oxygen atoms in total. The predicted molar refractivity (Wildman–Crippen MR) is 84.8 cm³/mol. The molecular weight excluding hydrogens is 268 g/mol. The smallest absolute Gasteiger partial charge is 0.166 e. The fourth-order valence-electron chi connectivity index (χ4n) is 3.57. The number of rotatable bonds is 4. The number of hydrogen-bond acceptors (Lipinski definition) is 2. The van der Waals surface area contributed by atoms with Crippen LogP contribution in [-0.2, 0) is 6.54 Å². The molecule has 2 bridgehead atoms. The standard InChI is InChI=1S/C16H22N2OS/c1-19-14-6-3-11(4-7-14)10-17-16(20)18-15-9-12-2-5-13(15)8-12/h3-4,6-7,12-13,15H,2,5,8-10H2,1H3,(H2,17,18,20)/t12-,13-,15-/m0/s1. The summed E-state index contributed by atoms with van der Waals surface area (Å²) in [6.45, 7) is 0.761. The van der Waals surface area contributed by atoms with Crippen molar-refractivity contribution in [2.75, 3.05) is 7.11 Å². The van der Waals surface area contributed by atoms with E-state index in [1.165, 1.54) is 31.2 Å². The lowest BCUT2D eigenvalue weighted by atomic mass is 9.96. The van der Waals surface area contributed by atoms with Gasteiger partial charge in [0.2, 0.25) is 0 Å². The molecule has 0 aromatic heterocycles. The lowest BCUT2D eigenvalue weighted by molar-refractivity contribution is 0.389. The van der Waals surface area contributed by atoms with Crippen molar-refractivity contribution in [2.24, 2.45) is 11.8 Å². The normalized spacial score (nSPS) is 27.4. The van der Waals surface area contributed by atoms with Crippen LogP contribution >= 0.6 is 12.2 Å². The summed E-state index contributed by atoms with van der Waals surface area (Å²) in [5.41, 5.74) is 1.21. The van der Waals surface area contributed by atoms with E-state index in [9.17, 15) is 0 Å². The van der Waals surface area contributed by atoms with E-state index in [2.05, 4.69) is 22.8 Å². The van der Waals surface area contributed by atoms with E-state index < -0.39 is 0 Å². The topological polar surface area (TPSA) is 33.3 Å². The third-order valence-corrected chi connectivity index (χ3v) is 4.93. The summed E-state index contributed by atoms with van der Waals surface area (Å²) < 4.78 is 5.15. The van der Waals surface area contributed by atoms with Gasteiger partial charge in [0.15, 0.2) is 5.11 Å². The van der Waals surface area contributed by atoms with E-state index in [1.54, 1.807) is 7.11 Å². The Morgan fingerprint density at radius 3 is 2.65 bits per heavy atom. The van der Waals surface area contributed by atoms with Crippen LogP contribution < -0.4 is 15.4 Å². The molecule has 1 aromatic rings. The summed E-state index contributed by atoms with van der Waals surface area (Å²) in [7, 11) is 1.68. The van der Waals surface area contributed by atoms with Gasteiger partial charge in [0.1, 0.15) is 5.75 Å². The Morgan fingerprint density at radius 2 is 2.05 bits per heavy atom. The molecule has 2 fully saturated rings. The zero-order valence-electron chi connectivity index (χ0n) is 11.9. The van der Waals surface area contributed by atoms with Crippen molar-refractivity contribution in [1.29, 1.82) is 0 Å². The van der Waals surface area contributed by atoms with Crippen LogP contribution in [0.25, 0.3) is 0 Å². The SMILES string of the molecule is COc1ccc(CNC(=S)N[C@H]2C[C@H]3CC[C@H]2C3)cc1. The summed E-state index contributed by atoms with van der Waals surface area (Å²) in [4.78, 5) is 0. The van der Waals surface area contributed by atoms with Gasteiger partial charge in [-0.1, -0.05) is 18.6 Å². The fraction of sp³-hybridized carbons (Fsp3) is 0.562. The molecule has 1 aromatic carbocycles.